The Morgan fingerprint density at radius 3 is 3.00 bits per heavy atom. The first kappa shape index (κ1) is 17.8. The van der Waals surface area contributed by atoms with E-state index in [9.17, 15) is 9.59 Å². The van der Waals surface area contributed by atoms with E-state index < -0.39 is 0 Å². The van der Waals surface area contributed by atoms with Gasteiger partial charge in [0.2, 0.25) is 5.91 Å². The summed E-state index contributed by atoms with van der Waals surface area (Å²) in [5, 5.41) is 8.52. The van der Waals surface area contributed by atoms with Crippen molar-refractivity contribution in [1.82, 2.24) is 14.5 Å². The highest BCUT2D eigenvalue weighted by Crippen LogP contribution is 2.30. The lowest BCUT2D eigenvalue weighted by molar-refractivity contribution is -0.116. The second-order valence-electron chi connectivity index (χ2n) is 6.37. The van der Waals surface area contributed by atoms with Crippen LogP contribution in [0.15, 0.2) is 62.7 Å². The van der Waals surface area contributed by atoms with Gasteiger partial charge in [-0.3, -0.25) is 14.2 Å². The number of nitrogens with zero attached hydrogens (tertiary/aromatic N) is 3. The molecular weight excluding hydrogens is 408 g/mol. The van der Waals surface area contributed by atoms with Crippen LogP contribution in [0, 0.1) is 0 Å². The monoisotopic (exact) mass is 422 g/mol. The maximum absolute atomic E-state index is 12.4. The van der Waals surface area contributed by atoms with Crippen molar-refractivity contribution in [3.05, 3.63) is 63.8 Å². The number of aryl methyl sites for hydroxylation is 1. The molecule has 5 aromatic rings. The van der Waals surface area contributed by atoms with Gasteiger partial charge in [-0.1, -0.05) is 18.2 Å². The average molecular weight is 422 g/mol. The van der Waals surface area contributed by atoms with Crippen LogP contribution in [0.1, 0.15) is 6.42 Å². The molecule has 0 aliphatic rings. The minimum atomic E-state index is -0.215. The Labute approximate surface area is 172 Å². The number of hydrogen-bond acceptors (Lipinski definition) is 7. The van der Waals surface area contributed by atoms with E-state index in [4.69, 9.17) is 4.42 Å². The van der Waals surface area contributed by atoms with E-state index in [1.165, 1.54) is 33.6 Å². The molecule has 0 saturated carbocycles. The number of rotatable bonds is 5. The van der Waals surface area contributed by atoms with Crippen LogP contribution in [-0.4, -0.2) is 20.4 Å². The van der Waals surface area contributed by atoms with Crippen molar-refractivity contribution in [2.45, 2.75) is 13.0 Å². The topological polar surface area (TPSA) is 90.0 Å². The van der Waals surface area contributed by atoms with Gasteiger partial charge in [0, 0.05) is 23.7 Å². The van der Waals surface area contributed by atoms with Gasteiger partial charge in [0.05, 0.1) is 11.7 Å². The summed E-state index contributed by atoms with van der Waals surface area (Å²) >= 11 is 2.75. The molecule has 9 heteroatoms. The molecule has 5 rings (SSSR count). The molecule has 1 amide bonds. The predicted molar refractivity (Wildman–Crippen MR) is 114 cm³/mol. The molecule has 0 radical (unpaired) electrons. The molecule has 0 bridgehead atoms. The molecule has 7 nitrogen and oxygen atoms in total. The third-order valence-electron chi connectivity index (χ3n) is 4.46. The van der Waals surface area contributed by atoms with Crippen molar-refractivity contribution >= 4 is 54.9 Å². The van der Waals surface area contributed by atoms with Crippen LogP contribution >= 0.6 is 22.7 Å². The number of hydrogen-bond donors (Lipinski definition) is 1. The van der Waals surface area contributed by atoms with Crippen LogP contribution in [0.3, 0.4) is 0 Å². The SMILES string of the molecule is O=C(CCn1cnc2sccc2c1=O)Nc1nc(-c2cc3ccccc3o2)cs1. The Morgan fingerprint density at radius 2 is 2.10 bits per heavy atom. The van der Waals surface area contributed by atoms with E-state index in [1.54, 1.807) is 6.07 Å². The number of thiazole rings is 1. The van der Waals surface area contributed by atoms with Gasteiger partial charge in [-0.05, 0) is 23.6 Å². The highest BCUT2D eigenvalue weighted by molar-refractivity contribution is 7.16. The van der Waals surface area contributed by atoms with Gasteiger partial charge >= 0.3 is 0 Å². The van der Waals surface area contributed by atoms with Gasteiger partial charge in [-0.15, -0.1) is 22.7 Å². The number of nitrogens with one attached hydrogen (secondary N) is 1. The fourth-order valence-corrected chi connectivity index (χ4v) is 4.45. The summed E-state index contributed by atoms with van der Waals surface area (Å²) in [5.41, 5.74) is 1.33. The molecule has 0 spiro atoms. The number of anilines is 1. The summed E-state index contributed by atoms with van der Waals surface area (Å²) < 4.78 is 7.26. The number of fused-ring (bicyclic) bond motifs is 2. The van der Waals surface area contributed by atoms with Gasteiger partial charge in [0.25, 0.3) is 5.56 Å². The van der Waals surface area contributed by atoms with E-state index in [0.29, 0.717) is 26.8 Å². The molecule has 0 fully saturated rings. The Bertz CT molecular complexity index is 1360. The summed E-state index contributed by atoms with van der Waals surface area (Å²) in [7, 11) is 0. The molecule has 1 aromatic carbocycles. The second-order valence-corrected chi connectivity index (χ2v) is 8.12. The fraction of sp³-hybridized carbons (Fsp3) is 0.100. The lowest BCUT2D eigenvalue weighted by atomic mass is 10.2. The largest absolute Gasteiger partial charge is 0.454 e. The minimum Gasteiger partial charge on any atom is -0.454 e. The van der Waals surface area contributed by atoms with Crippen molar-refractivity contribution in [3.63, 3.8) is 0 Å². The van der Waals surface area contributed by atoms with Gasteiger partial charge in [-0.2, -0.15) is 0 Å². The number of benzene rings is 1. The number of aromatic nitrogens is 3. The standard InChI is InChI=1S/C20H14N4O3S2/c25-17(5-7-24-11-21-18-13(19(24)26)6-8-28-18)23-20-22-14(10-29-20)16-9-12-3-1-2-4-15(12)27-16/h1-4,6,8-11H,5,7H2,(H,22,23,25). The van der Waals surface area contributed by atoms with Gasteiger partial charge < -0.3 is 9.73 Å². The van der Waals surface area contributed by atoms with Crippen LogP contribution in [0.2, 0.25) is 0 Å². The van der Waals surface area contributed by atoms with Gasteiger partial charge in [0.15, 0.2) is 10.9 Å². The van der Waals surface area contributed by atoms with Crippen molar-refractivity contribution in [2.24, 2.45) is 0 Å². The third-order valence-corrected chi connectivity index (χ3v) is 6.04. The molecule has 144 valence electrons. The lowest BCUT2D eigenvalue weighted by Gasteiger charge is -2.05. The molecule has 29 heavy (non-hydrogen) atoms. The molecule has 0 aliphatic carbocycles. The number of amides is 1. The minimum absolute atomic E-state index is 0.134. The number of para-hydroxylation sites is 1. The van der Waals surface area contributed by atoms with Crippen LogP contribution in [0.5, 0.6) is 0 Å². The summed E-state index contributed by atoms with van der Waals surface area (Å²) in [4.78, 5) is 34.1. The van der Waals surface area contributed by atoms with Crippen molar-refractivity contribution in [3.8, 4) is 11.5 Å². The molecule has 4 aromatic heterocycles. The van der Waals surface area contributed by atoms with Crippen molar-refractivity contribution < 1.29 is 9.21 Å². The molecule has 0 saturated heterocycles. The van der Waals surface area contributed by atoms with Crippen LogP contribution in [0.25, 0.3) is 32.6 Å². The van der Waals surface area contributed by atoms with Crippen LogP contribution in [-0.2, 0) is 11.3 Å². The Kier molecular flexibility index (Phi) is 4.45. The molecule has 1 N–H and O–H groups in total. The lowest BCUT2D eigenvalue weighted by Crippen LogP contribution is -2.23. The number of carbonyl (C=O) groups is 1. The molecule has 0 aliphatic heterocycles. The predicted octanol–water partition coefficient (Wildman–Crippen LogP) is 4.36. The second kappa shape index (κ2) is 7.26. The highest BCUT2D eigenvalue weighted by Gasteiger charge is 2.12. The first-order valence-corrected chi connectivity index (χ1v) is 10.6. The Balaban J connectivity index is 1.26. The summed E-state index contributed by atoms with van der Waals surface area (Å²) in [6, 6.07) is 11.4. The fourth-order valence-electron chi connectivity index (χ4n) is 3.01. The van der Waals surface area contributed by atoms with Crippen molar-refractivity contribution in [2.75, 3.05) is 5.32 Å². The Morgan fingerprint density at radius 1 is 1.21 bits per heavy atom. The van der Waals surface area contributed by atoms with Crippen LogP contribution in [0.4, 0.5) is 5.13 Å². The first-order chi connectivity index (χ1) is 14.2. The van der Waals surface area contributed by atoms with Crippen molar-refractivity contribution in [1.29, 1.82) is 0 Å². The van der Waals surface area contributed by atoms with Gasteiger partial charge in [0.1, 0.15) is 16.1 Å². The maximum atomic E-state index is 12.4. The molecule has 4 heterocycles. The average Bonchev–Trinajstić information content (AvgIpc) is 3.46. The molecular formula is C20H14N4O3S2. The van der Waals surface area contributed by atoms with E-state index >= 15 is 0 Å². The summed E-state index contributed by atoms with van der Waals surface area (Å²) in [5.74, 6) is 0.442. The van der Waals surface area contributed by atoms with Crippen LogP contribution < -0.4 is 10.9 Å². The zero-order valence-corrected chi connectivity index (χ0v) is 16.6. The smallest absolute Gasteiger partial charge is 0.262 e. The highest BCUT2D eigenvalue weighted by atomic mass is 32.1. The zero-order valence-electron chi connectivity index (χ0n) is 15.0. The third kappa shape index (κ3) is 3.45. The quantitative estimate of drug-likeness (QED) is 0.455. The van der Waals surface area contributed by atoms with E-state index in [-0.39, 0.29) is 24.4 Å². The number of thiophene rings is 1. The normalized spacial score (nSPS) is 11.3. The zero-order chi connectivity index (χ0) is 19.8. The number of furan rings is 1. The summed E-state index contributed by atoms with van der Waals surface area (Å²) in [6.07, 6.45) is 1.63. The Hall–Kier alpha value is -3.30. The summed E-state index contributed by atoms with van der Waals surface area (Å²) in [6.45, 7) is 0.255. The van der Waals surface area contributed by atoms with E-state index in [2.05, 4.69) is 15.3 Å². The molecule has 0 unspecified atom stereocenters. The number of carbonyl (C=O) groups excluding carboxylic acids is 1. The maximum Gasteiger partial charge on any atom is 0.262 e. The van der Waals surface area contributed by atoms with Gasteiger partial charge in [-0.25, -0.2) is 9.97 Å². The molecule has 0 atom stereocenters. The van der Waals surface area contributed by atoms with E-state index in [1.807, 2.05) is 41.1 Å². The van der Waals surface area contributed by atoms with E-state index in [0.717, 1.165) is 11.0 Å². The first-order valence-electron chi connectivity index (χ1n) is 8.84.